The Morgan fingerprint density at radius 2 is 2.38 bits per heavy atom. The van der Waals surface area contributed by atoms with E-state index in [1.165, 1.54) is 0 Å². The Labute approximate surface area is 103 Å². The molecule has 0 fully saturated rings. The van der Waals surface area contributed by atoms with Gasteiger partial charge in [-0.2, -0.15) is 5.10 Å². The number of nitrogens with zero attached hydrogens (tertiary/aromatic N) is 2. The molecule has 4 nitrogen and oxygen atoms in total. The molecule has 0 amide bonds. The summed E-state index contributed by atoms with van der Waals surface area (Å²) in [5.41, 5.74) is 2.14. The summed E-state index contributed by atoms with van der Waals surface area (Å²) in [5, 5.41) is 7.68. The Bertz CT molecular complexity index is 475. The molecular weight excluding hydrogens is 270 g/mol. The van der Waals surface area contributed by atoms with Crippen LogP contribution in [0.1, 0.15) is 18.4 Å². The van der Waals surface area contributed by atoms with E-state index in [1.54, 1.807) is 6.26 Å². The van der Waals surface area contributed by atoms with Crippen LogP contribution in [0.25, 0.3) is 0 Å². The molecule has 16 heavy (non-hydrogen) atoms. The van der Waals surface area contributed by atoms with Crippen molar-refractivity contribution in [1.29, 1.82) is 0 Å². The number of aryl methyl sites for hydroxylation is 2. The van der Waals surface area contributed by atoms with E-state index >= 15 is 0 Å². The highest BCUT2D eigenvalue weighted by Gasteiger charge is 2.07. The quantitative estimate of drug-likeness (QED) is 0.938. The van der Waals surface area contributed by atoms with Gasteiger partial charge in [0.05, 0.1) is 28.7 Å². The molecule has 0 aliphatic carbocycles. The molecule has 0 aromatic carbocycles. The monoisotopic (exact) mass is 283 g/mol. The molecular formula is C11H14BrN3O. The third kappa shape index (κ3) is 2.29. The van der Waals surface area contributed by atoms with Crippen molar-refractivity contribution in [2.24, 2.45) is 7.05 Å². The molecule has 86 valence electrons. The van der Waals surface area contributed by atoms with Gasteiger partial charge >= 0.3 is 0 Å². The minimum atomic E-state index is 0.659. The van der Waals surface area contributed by atoms with Gasteiger partial charge in [-0.05, 0) is 28.4 Å². The lowest BCUT2D eigenvalue weighted by Crippen LogP contribution is -2.00. The molecule has 0 bridgehead atoms. The van der Waals surface area contributed by atoms with Crippen molar-refractivity contribution in [1.82, 2.24) is 9.78 Å². The van der Waals surface area contributed by atoms with E-state index in [-0.39, 0.29) is 0 Å². The van der Waals surface area contributed by atoms with Crippen molar-refractivity contribution >= 4 is 21.6 Å². The summed E-state index contributed by atoms with van der Waals surface area (Å²) in [6, 6.07) is 1.89. The smallest absolute Gasteiger partial charge is 0.136 e. The summed E-state index contributed by atoms with van der Waals surface area (Å²) >= 11 is 3.43. The minimum absolute atomic E-state index is 0.659. The fourth-order valence-corrected chi connectivity index (χ4v) is 1.91. The van der Waals surface area contributed by atoms with Gasteiger partial charge in [-0.3, -0.25) is 4.68 Å². The van der Waals surface area contributed by atoms with Crippen LogP contribution in [0.4, 0.5) is 5.69 Å². The number of rotatable bonds is 4. The second-order valence-electron chi connectivity index (χ2n) is 3.56. The average Bonchev–Trinajstić information content (AvgIpc) is 2.81. The van der Waals surface area contributed by atoms with Crippen LogP contribution in [0.3, 0.4) is 0 Å². The third-order valence-corrected chi connectivity index (χ3v) is 3.08. The van der Waals surface area contributed by atoms with E-state index in [0.29, 0.717) is 6.54 Å². The van der Waals surface area contributed by atoms with E-state index in [9.17, 15) is 0 Å². The number of halogens is 1. The summed E-state index contributed by atoms with van der Waals surface area (Å²) in [4.78, 5) is 0. The first-order valence-electron chi connectivity index (χ1n) is 5.19. The lowest BCUT2D eigenvalue weighted by Gasteiger charge is -2.03. The number of hydrogen-bond donors (Lipinski definition) is 1. The highest BCUT2D eigenvalue weighted by Crippen LogP contribution is 2.20. The molecule has 5 heteroatoms. The van der Waals surface area contributed by atoms with Crippen LogP contribution in [0.5, 0.6) is 0 Å². The maximum atomic E-state index is 5.33. The fourth-order valence-electron chi connectivity index (χ4n) is 1.57. The summed E-state index contributed by atoms with van der Waals surface area (Å²) in [7, 11) is 1.92. The van der Waals surface area contributed by atoms with Gasteiger partial charge < -0.3 is 9.73 Å². The number of furan rings is 1. The Kier molecular flexibility index (Phi) is 3.33. The van der Waals surface area contributed by atoms with Gasteiger partial charge in [-0.25, -0.2) is 0 Å². The number of aromatic nitrogens is 2. The number of anilines is 1. The Balaban J connectivity index is 2.07. The molecule has 2 aromatic rings. The topological polar surface area (TPSA) is 43.0 Å². The van der Waals surface area contributed by atoms with Gasteiger partial charge in [0.2, 0.25) is 0 Å². The van der Waals surface area contributed by atoms with Gasteiger partial charge in [0, 0.05) is 13.2 Å². The first-order chi connectivity index (χ1) is 7.70. The van der Waals surface area contributed by atoms with E-state index in [0.717, 1.165) is 28.0 Å². The maximum absolute atomic E-state index is 5.33. The molecule has 0 spiro atoms. The first-order valence-corrected chi connectivity index (χ1v) is 5.98. The normalized spacial score (nSPS) is 10.7. The highest BCUT2D eigenvalue weighted by atomic mass is 79.9. The van der Waals surface area contributed by atoms with Crippen LogP contribution in [0.2, 0.25) is 0 Å². The second kappa shape index (κ2) is 4.74. The largest absolute Gasteiger partial charge is 0.466 e. The summed E-state index contributed by atoms with van der Waals surface area (Å²) in [6.07, 6.45) is 4.57. The Hall–Kier alpha value is -1.23. The zero-order valence-electron chi connectivity index (χ0n) is 9.33. The SMILES string of the molecule is CCc1nn(C)cc1NCc1occc1Br. The predicted octanol–water partition coefficient (Wildman–Crippen LogP) is 2.95. The number of nitrogens with one attached hydrogen (secondary N) is 1. The zero-order chi connectivity index (χ0) is 11.5. The van der Waals surface area contributed by atoms with Gasteiger partial charge in [-0.1, -0.05) is 6.92 Å². The molecule has 0 saturated carbocycles. The first kappa shape index (κ1) is 11.3. The summed E-state index contributed by atoms with van der Waals surface area (Å²) in [6.45, 7) is 2.75. The maximum Gasteiger partial charge on any atom is 0.136 e. The van der Waals surface area contributed by atoms with Crippen LogP contribution in [-0.2, 0) is 20.0 Å². The molecule has 0 aliphatic rings. The number of hydrogen-bond acceptors (Lipinski definition) is 3. The van der Waals surface area contributed by atoms with Crippen LogP contribution in [-0.4, -0.2) is 9.78 Å². The zero-order valence-corrected chi connectivity index (χ0v) is 10.9. The lowest BCUT2D eigenvalue weighted by atomic mass is 10.3. The van der Waals surface area contributed by atoms with Crippen molar-refractivity contribution < 1.29 is 4.42 Å². The average molecular weight is 284 g/mol. The van der Waals surface area contributed by atoms with Gasteiger partial charge in [-0.15, -0.1) is 0 Å². The van der Waals surface area contributed by atoms with E-state index < -0.39 is 0 Å². The van der Waals surface area contributed by atoms with Crippen molar-refractivity contribution in [3.63, 3.8) is 0 Å². The molecule has 2 aromatic heterocycles. The van der Waals surface area contributed by atoms with Crippen LogP contribution in [0, 0.1) is 0 Å². The molecule has 2 heterocycles. The predicted molar refractivity (Wildman–Crippen MR) is 66.3 cm³/mol. The minimum Gasteiger partial charge on any atom is -0.466 e. The Morgan fingerprint density at radius 3 is 3.00 bits per heavy atom. The molecule has 0 saturated heterocycles. The second-order valence-corrected chi connectivity index (χ2v) is 4.42. The standard InChI is InChI=1S/C11H14BrN3O/c1-3-9-10(7-15(2)14-9)13-6-11-8(12)4-5-16-11/h4-5,7,13H,3,6H2,1-2H3. The molecule has 0 atom stereocenters. The van der Waals surface area contributed by atoms with E-state index in [4.69, 9.17) is 4.42 Å². The van der Waals surface area contributed by atoms with Crippen LogP contribution >= 0.6 is 15.9 Å². The molecule has 0 radical (unpaired) electrons. The van der Waals surface area contributed by atoms with Gasteiger partial charge in [0.15, 0.2) is 0 Å². The highest BCUT2D eigenvalue weighted by molar-refractivity contribution is 9.10. The Morgan fingerprint density at radius 1 is 1.56 bits per heavy atom. The van der Waals surface area contributed by atoms with Crippen molar-refractivity contribution in [3.8, 4) is 0 Å². The molecule has 0 aliphatic heterocycles. The third-order valence-electron chi connectivity index (χ3n) is 2.37. The fraction of sp³-hybridized carbons (Fsp3) is 0.364. The van der Waals surface area contributed by atoms with Crippen molar-refractivity contribution in [3.05, 3.63) is 34.5 Å². The van der Waals surface area contributed by atoms with Crippen molar-refractivity contribution in [2.75, 3.05) is 5.32 Å². The lowest BCUT2D eigenvalue weighted by molar-refractivity contribution is 0.516. The summed E-state index contributed by atoms with van der Waals surface area (Å²) < 4.78 is 8.14. The van der Waals surface area contributed by atoms with E-state index in [1.807, 2.05) is 24.0 Å². The molecule has 2 rings (SSSR count). The van der Waals surface area contributed by atoms with Gasteiger partial charge in [0.1, 0.15) is 5.76 Å². The van der Waals surface area contributed by atoms with Crippen molar-refractivity contribution in [2.45, 2.75) is 19.9 Å². The van der Waals surface area contributed by atoms with E-state index in [2.05, 4.69) is 33.3 Å². The van der Waals surface area contributed by atoms with Crippen LogP contribution in [0.15, 0.2) is 27.4 Å². The van der Waals surface area contributed by atoms with Crippen LogP contribution < -0.4 is 5.32 Å². The summed E-state index contributed by atoms with van der Waals surface area (Å²) in [5.74, 6) is 0.894. The van der Waals surface area contributed by atoms with Gasteiger partial charge in [0.25, 0.3) is 0 Å². The molecule has 1 N–H and O–H groups in total. The molecule has 0 unspecified atom stereocenters.